The molecule has 2 aromatic rings. The van der Waals surface area contributed by atoms with Crippen LogP contribution in [0.1, 0.15) is 18.1 Å². The quantitative estimate of drug-likeness (QED) is 0.788. The van der Waals surface area contributed by atoms with E-state index in [1.165, 1.54) is 16.7 Å². The van der Waals surface area contributed by atoms with E-state index >= 15 is 0 Å². The molecular weight excluding hydrogens is 334 g/mol. The Labute approximate surface area is 152 Å². The number of nitrogens with zero attached hydrogens (tertiary/aromatic N) is 1. The van der Waals surface area contributed by atoms with Gasteiger partial charge in [0.15, 0.2) is 0 Å². The summed E-state index contributed by atoms with van der Waals surface area (Å²) in [7, 11) is 0. The zero-order chi connectivity index (χ0) is 17.6. The molecule has 0 radical (unpaired) electrons. The standard InChI is InChI=1S/C20H21NO3S/c1-15(25-14-17-10-6-3-7-11-17)19(22)21-18(13-24-20(21)23)12-16-8-4-2-5-9-16/h2-11,15,18H,12-14H2,1H3/t15?,18-/m0/s1. The zero-order valence-electron chi connectivity index (χ0n) is 14.1. The number of thioether (sulfide) groups is 1. The molecule has 3 rings (SSSR count). The molecule has 130 valence electrons. The van der Waals surface area contributed by atoms with Crippen molar-refractivity contribution in [1.82, 2.24) is 4.90 Å². The lowest BCUT2D eigenvalue weighted by atomic mass is 10.1. The van der Waals surface area contributed by atoms with Gasteiger partial charge in [0.1, 0.15) is 6.61 Å². The van der Waals surface area contributed by atoms with Crippen molar-refractivity contribution in [2.45, 2.75) is 30.4 Å². The monoisotopic (exact) mass is 355 g/mol. The van der Waals surface area contributed by atoms with E-state index in [1.807, 2.05) is 67.6 Å². The summed E-state index contributed by atoms with van der Waals surface area (Å²) in [5, 5.41) is -0.302. The molecule has 0 aromatic heterocycles. The lowest BCUT2D eigenvalue weighted by Crippen LogP contribution is -2.44. The molecule has 5 heteroatoms. The van der Waals surface area contributed by atoms with Gasteiger partial charge in [0, 0.05) is 5.75 Å². The molecular formula is C20H21NO3S. The number of amides is 2. The number of cyclic esters (lactones) is 1. The largest absolute Gasteiger partial charge is 0.447 e. The second-order valence-electron chi connectivity index (χ2n) is 6.07. The normalized spacial score (nSPS) is 18.0. The maximum absolute atomic E-state index is 12.8. The second-order valence-corrected chi connectivity index (χ2v) is 7.40. The minimum absolute atomic E-state index is 0.177. The third-order valence-electron chi connectivity index (χ3n) is 4.20. The Hall–Kier alpha value is -2.27. The zero-order valence-corrected chi connectivity index (χ0v) is 14.9. The Kier molecular flexibility index (Phi) is 5.76. The molecule has 1 aliphatic rings. The van der Waals surface area contributed by atoms with Crippen molar-refractivity contribution in [3.05, 3.63) is 71.8 Å². The van der Waals surface area contributed by atoms with Crippen LogP contribution in [0.15, 0.2) is 60.7 Å². The fourth-order valence-corrected chi connectivity index (χ4v) is 3.72. The number of ether oxygens (including phenoxy) is 1. The predicted octanol–water partition coefficient (Wildman–Crippen LogP) is 3.90. The molecule has 1 saturated heterocycles. The van der Waals surface area contributed by atoms with Gasteiger partial charge in [-0.25, -0.2) is 9.69 Å². The number of hydrogen-bond acceptors (Lipinski definition) is 4. The number of carbonyl (C=O) groups excluding carboxylic acids is 2. The molecule has 1 aliphatic heterocycles. The highest BCUT2D eigenvalue weighted by molar-refractivity contribution is 7.99. The van der Waals surface area contributed by atoms with Crippen LogP contribution in [0.5, 0.6) is 0 Å². The summed E-state index contributed by atoms with van der Waals surface area (Å²) in [5.41, 5.74) is 2.25. The summed E-state index contributed by atoms with van der Waals surface area (Å²) in [5.74, 6) is 0.560. The minimum Gasteiger partial charge on any atom is -0.447 e. The Balaban J connectivity index is 1.62. The number of imide groups is 1. The van der Waals surface area contributed by atoms with Gasteiger partial charge in [0.05, 0.1) is 11.3 Å². The SMILES string of the molecule is CC(SCc1ccccc1)C(=O)N1C(=O)OC[C@@H]1Cc1ccccc1. The molecule has 0 N–H and O–H groups in total. The first-order chi connectivity index (χ1) is 12.1. The highest BCUT2D eigenvalue weighted by atomic mass is 32.2. The van der Waals surface area contributed by atoms with Gasteiger partial charge in [0.2, 0.25) is 5.91 Å². The first-order valence-corrected chi connectivity index (χ1v) is 9.39. The maximum Gasteiger partial charge on any atom is 0.417 e. The first-order valence-electron chi connectivity index (χ1n) is 8.34. The molecule has 0 bridgehead atoms. The Morgan fingerprint density at radius 1 is 1.12 bits per heavy atom. The average Bonchev–Trinajstić information content (AvgIpc) is 3.01. The average molecular weight is 355 g/mol. The van der Waals surface area contributed by atoms with Gasteiger partial charge >= 0.3 is 6.09 Å². The molecule has 0 spiro atoms. The number of benzene rings is 2. The summed E-state index contributed by atoms with van der Waals surface area (Å²) in [6, 6.07) is 19.6. The summed E-state index contributed by atoms with van der Waals surface area (Å²) in [6.45, 7) is 2.11. The van der Waals surface area contributed by atoms with Crippen molar-refractivity contribution < 1.29 is 14.3 Å². The Morgan fingerprint density at radius 2 is 1.72 bits per heavy atom. The van der Waals surface area contributed by atoms with Gasteiger partial charge in [-0.05, 0) is 24.5 Å². The third-order valence-corrected chi connectivity index (χ3v) is 5.40. The molecule has 2 amide bonds. The van der Waals surface area contributed by atoms with Crippen LogP contribution in [0.4, 0.5) is 4.79 Å². The summed E-state index contributed by atoms with van der Waals surface area (Å²) in [4.78, 5) is 26.2. The highest BCUT2D eigenvalue weighted by Crippen LogP contribution is 2.24. The van der Waals surface area contributed by atoms with Crippen LogP contribution in [-0.4, -0.2) is 34.8 Å². The van der Waals surface area contributed by atoms with Gasteiger partial charge in [-0.3, -0.25) is 4.79 Å². The van der Waals surface area contributed by atoms with Crippen molar-refractivity contribution >= 4 is 23.8 Å². The van der Waals surface area contributed by atoms with Crippen molar-refractivity contribution in [2.75, 3.05) is 6.61 Å². The summed E-state index contributed by atoms with van der Waals surface area (Å²) >= 11 is 1.54. The van der Waals surface area contributed by atoms with E-state index in [0.717, 1.165) is 16.9 Å². The minimum atomic E-state index is -0.530. The van der Waals surface area contributed by atoms with E-state index in [9.17, 15) is 9.59 Å². The van der Waals surface area contributed by atoms with Crippen LogP contribution in [0, 0.1) is 0 Å². The highest BCUT2D eigenvalue weighted by Gasteiger charge is 2.39. The van der Waals surface area contributed by atoms with Gasteiger partial charge in [-0.15, -0.1) is 11.8 Å². The van der Waals surface area contributed by atoms with Crippen LogP contribution < -0.4 is 0 Å². The Bertz CT molecular complexity index is 720. The lowest BCUT2D eigenvalue weighted by Gasteiger charge is -2.22. The van der Waals surface area contributed by atoms with Crippen LogP contribution in [0.25, 0.3) is 0 Å². The van der Waals surface area contributed by atoms with Crippen molar-refractivity contribution in [2.24, 2.45) is 0 Å². The first kappa shape index (κ1) is 17.5. The van der Waals surface area contributed by atoms with E-state index < -0.39 is 6.09 Å². The molecule has 25 heavy (non-hydrogen) atoms. The van der Waals surface area contributed by atoms with Gasteiger partial charge < -0.3 is 4.74 Å². The maximum atomic E-state index is 12.8. The van der Waals surface area contributed by atoms with Crippen molar-refractivity contribution in [1.29, 1.82) is 0 Å². The molecule has 1 heterocycles. The van der Waals surface area contributed by atoms with Crippen molar-refractivity contribution in [3.8, 4) is 0 Å². The van der Waals surface area contributed by atoms with E-state index in [4.69, 9.17) is 4.74 Å². The fourth-order valence-electron chi connectivity index (χ4n) is 2.83. The fraction of sp³-hybridized carbons (Fsp3) is 0.300. The molecule has 0 aliphatic carbocycles. The summed E-state index contributed by atoms with van der Waals surface area (Å²) in [6.07, 6.45) is 0.0899. The van der Waals surface area contributed by atoms with E-state index in [1.54, 1.807) is 0 Å². The number of rotatable bonds is 6. The molecule has 1 fully saturated rings. The van der Waals surface area contributed by atoms with Gasteiger partial charge in [-0.1, -0.05) is 60.7 Å². The molecule has 0 saturated carbocycles. The van der Waals surface area contributed by atoms with Crippen LogP contribution in [0.2, 0.25) is 0 Å². The van der Waals surface area contributed by atoms with Crippen LogP contribution in [-0.2, 0) is 21.7 Å². The molecule has 2 atom stereocenters. The lowest BCUT2D eigenvalue weighted by molar-refractivity contribution is -0.128. The van der Waals surface area contributed by atoms with E-state index in [-0.39, 0.29) is 23.8 Å². The van der Waals surface area contributed by atoms with E-state index in [0.29, 0.717) is 6.42 Å². The molecule has 1 unspecified atom stereocenters. The number of hydrogen-bond donors (Lipinski definition) is 0. The molecule has 2 aromatic carbocycles. The van der Waals surface area contributed by atoms with Crippen molar-refractivity contribution in [3.63, 3.8) is 0 Å². The van der Waals surface area contributed by atoms with Crippen LogP contribution in [0.3, 0.4) is 0 Å². The summed E-state index contributed by atoms with van der Waals surface area (Å²) < 4.78 is 5.14. The smallest absolute Gasteiger partial charge is 0.417 e. The predicted molar refractivity (Wildman–Crippen MR) is 99.3 cm³/mol. The Morgan fingerprint density at radius 3 is 2.36 bits per heavy atom. The van der Waals surface area contributed by atoms with Crippen LogP contribution >= 0.6 is 11.8 Å². The topological polar surface area (TPSA) is 46.6 Å². The number of carbonyl (C=O) groups is 2. The van der Waals surface area contributed by atoms with E-state index in [2.05, 4.69) is 0 Å². The van der Waals surface area contributed by atoms with Gasteiger partial charge in [-0.2, -0.15) is 0 Å². The second kappa shape index (κ2) is 8.21. The third kappa shape index (κ3) is 4.42. The van der Waals surface area contributed by atoms with Gasteiger partial charge in [0.25, 0.3) is 0 Å². The molecule has 4 nitrogen and oxygen atoms in total.